The lowest BCUT2D eigenvalue weighted by Crippen LogP contribution is -2.26. The van der Waals surface area contributed by atoms with Crippen molar-refractivity contribution in [2.75, 3.05) is 0 Å². The van der Waals surface area contributed by atoms with E-state index in [1.807, 2.05) is 37.3 Å². The van der Waals surface area contributed by atoms with E-state index in [0.29, 0.717) is 6.61 Å². The molecule has 0 radical (unpaired) electrons. The van der Waals surface area contributed by atoms with Gasteiger partial charge in [-0.25, -0.2) is 0 Å². The topological polar surface area (TPSA) is 9.23 Å². The zero-order valence-electron chi connectivity index (χ0n) is 11.6. The van der Waals surface area contributed by atoms with E-state index in [0.717, 1.165) is 18.4 Å². The highest BCUT2D eigenvalue weighted by atomic mass is 16.5. The van der Waals surface area contributed by atoms with Gasteiger partial charge in [0.05, 0.1) is 6.61 Å². The van der Waals surface area contributed by atoms with Gasteiger partial charge in [-0.15, -0.1) is 6.42 Å². The highest BCUT2D eigenvalue weighted by molar-refractivity contribution is 5.14. The second-order valence-corrected chi connectivity index (χ2v) is 4.97. The molecule has 0 saturated heterocycles. The van der Waals surface area contributed by atoms with E-state index in [9.17, 15) is 0 Å². The quantitative estimate of drug-likeness (QED) is 0.532. The van der Waals surface area contributed by atoms with Gasteiger partial charge in [-0.05, 0) is 39.2 Å². The van der Waals surface area contributed by atoms with Gasteiger partial charge in [0.15, 0.2) is 0 Å². The molecule has 1 nitrogen and oxygen atoms in total. The minimum atomic E-state index is -0.484. The van der Waals surface area contributed by atoms with Gasteiger partial charge in [0.1, 0.15) is 5.60 Å². The molecule has 0 spiro atoms. The van der Waals surface area contributed by atoms with Crippen LogP contribution >= 0.6 is 0 Å². The van der Waals surface area contributed by atoms with Gasteiger partial charge in [-0.1, -0.05) is 47.9 Å². The second-order valence-electron chi connectivity index (χ2n) is 4.97. The Balaban J connectivity index is 2.50. The van der Waals surface area contributed by atoms with Crippen molar-refractivity contribution in [1.82, 2.24) is 0 Å². The van der Waals surface area contributed by atoms with E-state index >= 15 is 0 Å². The molecule has 1 rings (SSSR count). The summed E-state index contributed by atoms with van der Waals surface area (Å²) >= 11 is 0. The second kappa shape index (κ2) is 7.03. The van der Waals surface area contributed by atoms with E-state index < -0.39 is 5.60 Å². The van der Waals surface area contributed by atoms with Gasteiger partial charge in [0, 0.05) is 0 Å². The summed E-state index contributed by atoms with van der Waals surface area (Å²) < 4.78 is 5.88. The summed E-state index contributed by atoms with van der Waals surface area (Å²) in [5.74, 6) is 2.77. The summed E-state index contributed by atoms with van der Waals surface area (Å²) in [6.07, 6.45) is 9.59. The average Bonchev–Trinajstić information content (AvgIpc) is 2.37. The predicted octanol–water partition coefficient (Wildman–Crippen LogP) is 4.34. The molecule has 0 aromatic heterocycles. The predicted molar refractivity (Wildman–Crippen MR) is 77.1 cm³/mol. The molecular formula is C17H22O. The molecule has 96 valence electrons. The highest BCUT2D eigenvalue weighted by Gasteiger charge is 2.20. The fourth-order valence-electron chi connectivity index (χ4n) is 1.64. The number of hydrogen-bond acceptors (Lipinski definition) is 1. The molecular weight excluding hydrogens is 220 g/mol. The Morgan fingerprint density at radius 3 is 2.56 bits per heavy atom. The largest absolute Gasteiger partial charge is 0.358 e. The van der Waals surface area contributed by atoms with E-state index in [2.05, 4.69) is 25.8 Å². The first-order chi connectivity index (χ1) is 8.56. The van der Waals surface area contributed by atoms with Crippen molar-refractivity contribution in [2.45, 2.75) is 45.8 Å². The van der Waals surface area contributed by atoms with Gasteiger partial charge in [0.2, 0.25) is 0 Å². The van der Waals surface area contributed by atoms with Crippen molar-refractivity contribution in [2.24, 2.45) is 0 Å². The number of hydrogen-bond donors (Lipinski definition) is 0. The first-order valence-corrected chi connectivity index (χ1v) is 6.35. The first-order valence-electron chi connectivity index (χ1n) is 6.35. The Morgan fingerprint density at radius 1 is 1.33 bits per heavy atom. The van der Waals surface area contributed by atoms with Crippen LogP contribution in [0.1, 0.15) is 39.2 Å². The molecule has 1 unspecified atom stereocenters. The van der Waals surface area contributed by atoms with Crippen molar-refractivity contribution in [1.29, 1.82) is 0 Å². The zero-order chi connectivity index (χ0) is 13.4. The van der Waals surface area contributed by atoms with Gasteiger partial charge in [0.25, 0.3) is 0 Å². The third-order valence-corrected chi connectivity index (χ3v) is 2.88. The molecule has 1 aromatic carbocycles. The Labute approximate surface area is 111 Å². The molecule has 0 aliphatic rings. The number of rotatable bonds is 6. The maximum absolute atomic E-state index is 5.88. The van der Waals surface area contributed by atoms with Crippen LogP contribution in [-0.4, -0.2) is 5.60 Å². The van der Waals surface area contributed by atoms with E-state index in [1.54, 1.807) is 0 Å². The molecule has 0 fully saturated rings. The summed E-state index contributed by atoms with van der Waals surface area (Å²) in [5, 5.41) is 0. The van der Waals surface area contributed by atoms with Crippen LogP contribution < -0.4 is 0 Å². The van der Waals surface area contributed by atoms with Crippen LogP contribution in [0.4, 0.5) is 0 Å². The molecule has 0 bridgehead atoms. The van der Waals surface area contributed by atoms with Crippen molar-refractivity contribution in [3.63, 3.8) is 0 Å². The van der Waals surface area contributed by atoms with Crippen LogP contribution in [0.5, 0.6) is 0 Å². The summed E-state index contributed by atoms with van der Waals surface area (Å²) in [5.41, 5.74) is 1.99. The molecule has 0 amide bonds. The van der Waals surface area contributed by atoms with Crippen LogP contribution in [0.3, 0.4) is 0 Å². The fraction of sp³-hybridized carbons (Fsp3) is 0.412. The Hall–Kier alpha value is -1.52. The third-order valence-electron chi connectivity index (χ3n) is 2.88. The van der Waals surface area contributed by atoms with Gasteiger partial charge >= 0.3 is 0 Å². The van der Waals surface area contributed by atoms with Crippen LogP contribution in [0, 0.1) is 12.3 Å². The Morgan fingerprint density at radius 2 is 2.00 bits per heavy atom. The molecule has 0 heterocycles. The number of ether oxygens (including phenoxy) is 1. The highest BCUT2D eigenvalue weighted by Crippen LogP contribution is 2.19. The minimum absolute atomic E-state index is 0.484. The molecule has 0 saturated carbocycles. The summed E-state index contributed by atoms with van der Waals surface area (Å²) in [4.78, 5) is 0. The molecule has 0 aliphatic heterocycles. The van der Waals surface area contributed by atoms with Gasteiger partial charge in [-0.3, -0.25) is 0 Å². The lowest BCUT2D eigenvalue weighted by atomic mass is 10.00. The standard InChI is InChI=1S/C17H22O/c1-5-17(4,13-9-10-15(2)3)18-14-16-11-7-6-8-12-16/h1,6-8,10-12H,9,13-14H2,2-4H3. The molecule has 1 aromatic rings. The van der Waals surface area contributed by atoms with Crippen LogP contribution in [0.2, 0.25) is 0 Å². The third kappa shape index (κ3) is 5.21. The van der Waals surface area contributed by atoms with Crippen molar-refractivity contribution < 1.29 is 4.74 Å². The van der Waals surface area contributed by atoms with E-state index in [-0.39, 0.29) is 0 Å². The average molecular weight is 242 g/mol. The molecule has 1 heteroatoms. The first kappa shape index (κ1) is 14.5. The van der Waals surface area contributed by atoms with Crippen LogP contribution in [0.25, 0.3) is 0 Å². The summed E-state index contributed by atoms with van der Waals surface area (Å²) in [7, 11) is 0. The van der Waals surface area contributed by atoms with Crippen molar-refractivity contribution >= 4 is 0 Å². The summed E-state index contributed by atoms with van der Waals surface area (Å²) in [6.45, 7) is 6.74. The monoisotopic (exact) mass is 242 g/mol. The maximum Gasteiger partial charge on any atom is 0.126 e. The SMILES string of the molecule is C#CC(C)(CCC=C(C)C)OCc1ccccc1. The number of allylic oxidation sites excluding steroid dienone is 2. The van der Waals surface area contributed by atoms with Gasteiger partial charge in [-0.2, -0.15) is 0 Å². The lowest BCUT2D eigenvalue weighted by Gasteiger charge is -2.23. The minimum Gasteiger partial charge on any atom is -0.358 e. The lowest BCUT2D eigenvalue weighted by molar-refractivity contribution is -0.00437. The van der Waals surface area contributed by atoms with E-state index in [4.69, 9.17) is 11.2 Å². The zero-order valence-corrected chi connectivity index (χ0v) is 11.6. The normalized spacial score (nSPS) is 13.4. The van der Waals surface area contributed by atoms with Crippen LogP contribution in [-0.2, 0) is 11.3 Å². The summed E-state index contributed by atoms with van der Waals surface area (Å²) in [6, 6.07) is 10.1. The van der Waals surface area contributed by atoms with Crippen LogP contribution in [0.15, 0.2) is 42.0 Å². The van der Waals surface area contributed by atoms with Crippen molar-refractivity contribution in [3.05, 3.63) is 47.5 Å². The van der Waals surface area contributed by atoms with E-state index in [1.165, 1.54) is 5.57 Å². The molecule has 1 atom stereocenters. The smallest absolute Gasteiger partial charge is 0.126 e. The Bertz CT molecular complexity index is 421. The van der Waals surface area contributed by atoms with Crippen molar-refractivity contribution in [3.8, 4) is 12.3 Å². The molecule has 0 aliphatic carbocycles. The molecule has 18 heavy (non-hydrogen) atoms. The number of benzene rings is 1. The van der Waals surface area contributed by atoms with Gasteiger partial charge < -0.3 is 4.74 Å². The number of terminal acetylenes is 1. The fourth-order valence-corrected chi connectivity index (χ4v) is 1.64. The molecule has 0 N–H and O–H groups in total. The maximum atomic E-state index is 5.88. The Kier molecular flexibility index (Phi) is 5.68.